The van der Waals surface area contributed by atoms with Crippen LogP contribution in [0.1, 0.15) is 28.7 Å². The number of carbonyl (C=O) groups excluding carboxylic acids is 1. The second kappa shape index (κ2) is 8.01. The molecule has 1 saturated carbocycles. The summed E-state index contributed by atoms with van der Waals surface area (Å²) in [5, 5.41) is 2.96. The Bertz CT molecular complexity index is 1230. The van der Waals surface area contributed by atoms with Gasteiger partial charge in [-0.1, -0.05) is 54.6 Å². The summed E-state index contributed by atoms with van der Waals surface area (Å²) in [6.07, 6.45) is 0.659. The van der Waals surface area contributed by atoms with Gasteiger partial charge in [0.05, 0.1) is 18.6 Å². The van der Waals surface area contributed by atoms with Gasteiger partial charge in [-0.05, 0) is 35.7 Å². The Kier molecular flexibility index (Phi) is 4.94. The molecule has 7 heteroatoms. The summed E-state index contributed by atoms with van der Waals surface area (Å²) in [6.45, 7) is 0.458. The van der Waals surface area contributed by atoms with Gasteiger partial charge < -0.3 is 19.5 Å². The third kappa shape index (κ3) is 3.56. The largest absolute Gasteiger partial charge is 0.493 e. The van der Waals surface area contributed by atoms with Crippen molar-refractivity contribution < 1.29 is 27.8 Å². The van der Waals surface area contributed by atoms with E-state index in [9.17, 15) is 13.6 Å². The number of nitrogens with one attached hydrogen (secondary N) is 1. The third-order valence-electron chi connectivity index (χ3n) is 6.91. The number of benzene rings is 3. The predicted molar refractivity (Wildman–Crippen MR) is 120 cm³/mol. The SMILES string of the molecule is O=C(NC1c2ccccc2OCC1Cc1ccccc1)C1C(c2ccc3c(c2)OCO3)C1(F)F. The molecule has 1 aliphatic carbocycles. The molecule has 1 amide bonds. The molecule has 1 N–H and O–H groups in total. The molecule has 4 atom stereocenters. The first-order valence-corrected chi connectivity index (χ1v) is 11.4. The van der Waals surface area contributed by atoms with Gasteiger partial charge >= 0.3 is 0 Å². The number of halogens is 2. The molecule has 1 fully saturated rings. The van der Waals surface area contributed by atoms with E-state index in [1.165, 1.54) is 0 Å². The van der Waals surface area contributed by atoms with Gasteiger partial charge in [-0.3, -0.25) is 4.79 Å². The maximum atomic E-state index is 14.9. The van der Waals surface area contributed by atoms with Crippen molar-refractivity contribution >= 4 is 5.91 Å². The Morgan fingerprint density at radius 3 is 2.53 bits per heavy atom. The fraction of sp³-hybridized carbons (Fsp3) is 0.296. The number of ether oxygens (including phenoxy) is 3. The Balaban J connectivity index is 1.25. The number of rotatable bonds is 5. The van der Waals surface area contributed by atoms with Gasteiger partial charge in [0, 0.05) is 11.5 Å². The Morgan fingerprint density at radius 1 is 0.912 bits per heavy atom. The van der Waals surface area contributed by atoms with Crippen LogP contribution in [-0.2, 0) is 11.2 Å². The van der Waals surface area contributed by atoms with E-state index in [-0.39, 0.29) is 12.7 Å². The summed E-state index contributed by atoms with van der Waals surface area (Å²) in [6, 6.07) is 21.7. The maximum Gasteiger partial charge on any atom is 0.268 e. The van der Waals surface area contributed by atoms with E-state index < -0.39 is 29.7 Å². The second-order valence-corrected chi connectivity index (χ2v) is 9.03. The Morgan fingerprint density at radius 2 is 1.68 bits per heavy atom. The van der Waals surface area contributed by atoms with Crippen LogP contribution in [0.5, 0.6) is 17.2 Å². The molecule has 4 unspecified atom stereocenters. The smallest absolute Gasteiger partial charge is 0.268 e. The number of amides is 1. The normalized spacial score (nSPS) is 25.7. The first-order valence-electron chi connectivity index (χ1n) is 11.4. The zero-order valence-electron chi connectivity index (χ0n) is 18.2. The molecule has 2 aliphatic heterocycles. The second-order valence-electron chi connectivity index (χ2n) is 9.03. The highest BCUT2D eigenvalue weighted by Crippen LogP contribution is 2.62. The quantitative estimate of drug-likeness (QED) is 0.587. The minimum atomic E-state index is -3.13. The van der Waals surface area contributed by atoms with Gasteiger partial charge in [0.15, 0.2) is 11.5 Å². The summed E-state index contributed by atoms with van der Waals surface area (Å²) in [7, 11) is 0. The van der Waals surface area contributed by atoms with Crippen LogP contribution in [0.4, 0.5) is 8.78 Å². The molecule has 34 heavy (non-hydrogen) atoms. The van der Waals surface area contributed by atoms with E-state index in [4.69, 9.17) is 14.2 Å². The van der Waals surface area contributed by atoms with Crippen LogP contribution in [0.25, 0.3) is 0 Å². The monoisotopic (exact) mass is 463 g/mol. The van der Waals surface area contributed by atoms with Crippen molar-refractivity contribution in [3.63, 3.8) is 0 Å². The van der Waals surface area contributed by atoms with Gasteiger partial charge in [0.25, 0.3) is 5.92 Å². The molecule has 0 aromatic heterocycles. The van der Waals surface area contributed by atoms with Crippen LogP contribution in [-0.4, -0.2) is 25.2 Å². The summed E-state index contributed by atoms with van der Waals surface area (Å²) >= 11 is 0. The molecule has 5 nitrogen and oxygen atoms in total. The van der Waals surface area contributed by atoms with Crippen LogP contribution in [0.3, 0.4) is 0 Å². The third-order valence-corrected chi connectivity index (χ3v) is 6.91. The number of carbonyl (C=O) groups is 1. The fourth-order valence-electron chi connectivity index (χ4n) is 5.12. The van der Waals surface area contributed by atoms with Crippen molar-refractivity contribution in [1.29, 1.82) is 0 Å². The van der Waals surface area contributed by atoms with Crippen molar-refractivity contribution in [1.82, 2.24) is 5.32 Å². The highest BCUT2D eigenvalue weighted by atomic mass is 19.3. The van der Waals surface area contributed by atoms with Crippen molar-refractivity contribution in [2.75, 3.05) is 13.4 Å². The minimum absolute atomic E-state index is 0.0652. The van der Waals surface area contributed by atoms with Gasteiger partial charge in [-0.2, -0.15) is 0 Å². The molecule has 6 rings (SSSR count). The lowest BCUT2D eigenvalue weighted by Crippen LogP contribution is -2.41. The summed E-state index contributed by atoms with van der Waals surface area (Å²) in [5.41, 5.74) is 2.29. The standard InChI is InChI=1S/C27H23F2NO4/c28-27(29)23(17-10-11-21-22(13-17)34-15-33-21)24(27)26(31)30-25-18(12-16-6-2-1-3-7-16)14-32-20-9-5-4-8-19(20)25/h1-11,13,18,23-25H,12,14-15H2,(H,30,31). The average molecular weight is 463 g/mol. The minimum Gasteiger partial charge on any atom is -0.493 e. The lowest BCUT2D eigenvalue weighted by molar-refractivity contribution is -0.125. The lowest BCUT2D eigenvalue weighted by Gasteiger charge is -2.34. The van der Waals surface area contributed by atoms with Crippen molar-refractivity contribution in [3.8, 4) is 17.2 Å². The average Bonchev–Trinajstić information content (AvgIpc) is 3.17. The summed E-state index contributed by atoms with van der Waals surface area (Å²) in [5.74, 6) is -4.85. The summed E-state index contributed by atoms with van der Waals surface area (Å²) in [4.78, 5) is 13.2. The van der Waals surface area contributed by atoms with E-state index in [0.29, 0.717) is 35.8 Å². The van der Waals surface area contributed by atoms with Crippen molar-refractivity contribution in [2.45, 2.75) is 24.3 Å². The number of para-hydroxylation sites is 1. The molecule has 0 saturated heterocycles. The topological polar surface area (TPSA) is 56.8 Å². The Labute approximate surface area is 195 Å². The number of alkyl halides is 2. The first-order chi connectivity index (χ1) is 16.5. The molecular formula is C27H23F2NO4. The number of hydrogen-bond donors (Lipinski definition) is 1. The molecule has 0 radical (unpaired) electrons. The maximum absolute atomic E-state index is 14.9. The van der Waals surface area contributed by atoms with Crippen LogP contribution in [0.15, 0.2) is 72.8 Å². The summed E-state index contributed by atoms with van der Waals surface area (Å²) < 4.78 is 46.3. The van der Waals surface area contributed by atoms with E-state index in [1.54, 1.807) is 18.2 Å². The van der Waals surface area contributed by atoms with E-state index in [2.05, 4.69) is 5.32 Å². The van der Waals surface area contributed by atoms with Crippen molar-refractivity contribution in [3.05, 3.63) is 89.5 Å². The van der Waals surface area contributed by atoms with E-state index in [1.807, 2.05) is 54.6 Å². The zero-order chi connectivity index (χ0) is 23.3. The van der Waals surface area contributed by atoms with Crippen LogP contribution in [0.2, 0.25) is 0 Å². The first kappa shape index (κ1) is 21.0. The van der Waals surface area contributed by atoms with Crippen molar-refractivity contribution in [2.24, 2.45) is 11.8 Å². The molecule has 3 aromatic carbocycles. The highest BCUT2D eigenvalue weighted by molar-refractivity contribution is 5.86. The molecule has 3 aromatic rings. The van der Waals surface area contributed by atoms with Gasteiger partial charge in [-0.15, -0.1) is 0 Å². The molecule has 0 bridgehead atoms. The molecule has 3 aliphatic rings. The molecule has 0 spiro atoms. The number of fused-ring (bicyclic) bond motifs is 2. The fourth-order valence-corrected chi connectivity index (χ4v) is 5.12. The van der Waals surface area contributed by atoms with Crippen LogP contribution < -0.4 is 19.5 Å². The molecule has 2 heterocycles. The molecule has 174 valence electrons. The lowest BCUT2D eigenvalue weighted by atomic mass is 9.86. The highest BCUT2D eigenvalue weighted by Gasteiger charge is 2.72. The molecular weight excluding hydrogens is 440 g/mol. The Hall–Kier alpha value is -3.61. The van der Waals surface area contributed by atoms with Gasteiger partial charge in [0.2, 0.25) is 12.7 Å². The predicted octanol–water partition coefficient (Wildman–Crippen LogP) is 4.87. The van der Waals surface area contributed by atoms with Crippen LogP contribution in [0, 0.1) is 11.8 Å². The van der Waals surface area contributed by atoms with E-state index in [0.717, 1.165) is 11.1 Å². The van der Waals surface area contributed by atoms with Crippen LogP contribution >= 0.6 is 0 Å². The number of hydrogen-bond acceptors (Lipinski definition) is 4. The van der Waals surface area contributed by atoms with E-state index >= 15 is 0 Å². The van der Waals surface area contributed by atoms with Gasteiger partial charge in [-0.25, -0.2) is 8.78 Å². The van der Waals surface area contributed by atoms with Gasteiger partial charge in [0.1, 0.15) is 11.7 Å². The zero-order valence-corrected chi connectivity index (χ0v) is 18.2.